The van der Waals surface area contributed by atoms with E-state index in [1.807, 2.05) is 11.8 Å². The summed E-state index contributed by atoms with van der Waals surface area (Å²) in [5.74, 6) is 1.46. The molecule has 2 radical (unpaired) electrons. The van der Waals surface area contributed by atoms with Crippen molar-refractivity contribution in [2.45, 2.75) is 29.9 Å². The average molecular weight is 228 g/mol. The third-order valence-electron chi connectivity index (χ3n) is 3.46. The van der Waals surface area contributed by atoms with Gasteiger partial charge in [-0.2, -0.15) is 11.8 Å². The summed E-state index contributed by atoms with van der Waals surface area (Å²) in [6.45, 7) is 2.73. The van der Waals surface area contributed by atoms with Crippen LogP contribution in [0.1, 0.15) is 6.92 Å². The van der Waals surface area contributed by atoms with E-state index in [0.29, 0.717) is 12.5 Å². The van der Waals surface area contributed by atoms with Crippen LogP contribution < -0.4 is 0 Å². The largest absolute Gasteiger partial charge is 0.382 e. The van der Waals surface area contributed by atoms with Gasteiger partial charge in [-0.3, -0.25) is 0 Å². The van der Waals surface area contributed by atoms with Gasteiger partial charge in [0.2, 0.25) is 0 Å². The van der Waals surface area contributed by atoms with Crippen LogP contribution in [-0.4, -0.2) is 57.4 Å². The second-order valence-electron chi connectivity index (χ2n) is 4.33. The fourth-order valence-electron chi connectivity index (χ4n) is 2.63. The summed E-state index contributed by atoms with van der Waals surface area (Å²) in [6, 6.07) is -0.236. The lowest BCUT2D eigenvalue weighted by molar-refractivity contribution is -0.141. The highest BCUT2D eigenvalue weighted by Gasteiger charge is 2.59. The molecule has 2 fully saturated rings. The quantitative estimate of drug-likeness (QED) is 0.663. The molecule has 0 amide bonds. The van der Waals surface area contributed by atoms with Gasteiger partial charge in [-0.15, -0.1) is 0 Å². The minimum absolute atomic E-state index is 0.0428. The molecular weight excluding hydrogens is 211 g/mol. The molecule has 0 aromatic heterocycles. The molecule has 84 valence electrons. The van der Waals surface area contributed by atoms with Gasteiger partial charge in [0, 0.05) is 20.2 Å². The van der Waals surface area contributed by atoms with Crippen molar-refractivity contribution < 1.29 is 14.2 Å². The molecule has 0 spiro atoms. The normalized spacial score (nSPS) is 49.5. The molecule has 2 aliphatic heterocycles. The van der Waals surface area contributed by atoms with Gasteiger partial charge in [0.25, 0.3) is 0 Å². The molecule has 1 unspecified atom stereocenters. The van der Waals surface area contributed by atoms with Crippen LogP contribution in [-0.2, 0) is 14.2 Å². The van der Waals surface area contributed by atoms with E-state index in [2.05, 4.69) is 6.92 Å². The summed E-state index contributed by atoms with van der Waals surface area (Å²) in [4.78, 5) is 0. The first kappa shape index (κ1) is 11.8. The van der Waals surface area contributed by atoms with Gasteiger partial charge in [0.05, 0.1) is 11.9 Å². The summed E-state index contributed by atoms with van der Waals surface area (Å²) >= 11 is 1.85. The van der Waals surface area contributed by atoms with Crippen LogP contribution >= 0.6 is 11.8 Å². The smallest absolute Gasteiger partial charge is 0.121 e. The van der Waals surface area contributed by atoms with E-state index in [0.717, 1.165) is 5.75 Å². The molecule has 2 heterocycles. The Kier molecular flexibility index (Phi) is 3.36. The van der Waals surface area contributed by atoms with E-state index in [1.54, 1.807) is 14.2 Å². The number of thioether (sulfide) groups is 1. The van der Waals surface area contributed by atoms with Crippen LogP contribution in [0.25, 0.3) is 0 Å². The van der Waals surface area contributed by atoms with Gasteiger partial charge in [-0.1, -0.05) is 6.92 Å². The lowest BCUT2D eigenvalue weighted by Gasteiger charge is -2.42. The molecule has 0 aromatic rings. The van der Waals surface area contributed by atoms with Gasteiger partial charge < -0.3 is 14.2 Å². The van der Waals surface area contributed by atoms with E-state index in [9.17, 15) is 0 Å². The van der Waals surface area contributed by atoms with E-state index in [1.165, 1.54) is 0 Å². The van der Waals surface area contributed by atoms with E-state index < -0.39 is 0 Å². The number of methoxy groups -OCH3 is 2. The molecule has 5 heteroatoms. The van der Waals surface area contributed by atoms with E-state index in [4.69, 9.17) is 22.1 Å². The topological polar surface area (TPSA) is 27.7 Å². The number of ether oxygens (including phenoxy) is 3. The zero-order chi connectivity index (χ0) is 11.1. The van der Waals surface area contributed by atoms with Gasteiger partial charge in [-0.25, -0.2) is 0 Å². The Hall–Kier alpha value is 0.295. The van der Waals surface area contributed by atoms with Crippen molar-refractivity contribution in [3.8, 4) is 0 Å². The zero-order valence-electron chi connectivity index (χ0n) is 9.43. The standard InChI is InChI=1S/C10H17BO3S/c1-6-4-15-7-8(13-3)10(6,5-12-2)14-9(7)11/h6-9H,4-5H2,1-3H3/t6-,7+,8?,9-,10+/m1/s1. The van der Waals surface area contributed by atoms with Gasteiger partial charge in [-0.05, 0) is 11.7 Å². The van der Waals surface area contributed by atoms with Gasteiger partial charge in [0.15, 0.2) is 0 Å². The molecule has 0 saturated carbocycles. The minimum atomic E-state index is -0.348. The fraction of sp³-hybridized carbons (Fsp3) is 1.00. The van der Waals surface area contributed by atoms with Crippen molar-refractivity contribution in [2.24, 2.45) is 5.92 Å². The molecule has 2 rings (SSSR count). The number of hydrogen-bond donors (Lipinski definition) is 0. The van der Waals surface area contributed by atoms with Crippen molar-refractivity contribution in [1.29, 1.82) is 0 Å². The summed E-state index contributed by atoms with van der Waals surface area (Å²) in [7, 11) is 9.40. The lowest BCUT2D eigenvalue weighted by atomic mass is 9.83. The summed E-state index contributed by atoms with van der Waals surface area (Å²) in [6.07, 6.45) is 0.0428. The molecule has 0 aromatic carbocycles. The first-order valence-corrected chi connectivity index (χ1v) is 6.27. The Labute approximate surface area is 96.6 Å². The molecule has 2 aliphatic rings. The zero-order valence-corrected chi connectivity index (χ0v) is 10.3. The van der Waals surface area contributed by atoms with E-state index >= 15 is 0 Å². The monoisotopic (exact) mass is 228 g/mol. The number of rotatable bonds is 3. The Morgan fingerprint density at radius 2 is 2.27 bits per heavy atom. The molecule has 0 N–H and O–H groups in total. The summed E-state index contributed by atoms with van der Waals surface area (Å²) < 4.78 is 16.8. The first-order chi connectivity index (χ1) is 7.15. The Morgan fingerprint density at radius 1 is 1.53 bits per heavy atom. The van der Waals surface area contributed by atoms with Crippen LogP contribution in [0.3, 0.4) is 0 Å². The second-order valence-corrected chi connectivity index (χ2v) is 5.54. The van der Waals surface area contributed by atoms with E-state index in [-0.39, 0.29) is 23.0 Å². The highest BCUT2D eigenvalue weighted by molar-refractivity contribution is 8.00. The van der Waals surface area contributed by atoms with Crippen LogP contribution in [0.2, 0.25) is 0 Å². The summed E-state index contributed by atoms with van der Waals surface area (Å²) in [5, 5.41) is 0.237. The van der Waals surface area contributed by atoms with Gasteiger partial charge in [0.1, 0.15) is 19.6 Å². The molecular formula is C10H17BO3S. The number of fused-ring (bicyclic) bond motifs is 2. The maximum Gasteiger partial charge on any atom is 0.121 e. The number of hydrogen-bond acceptors (Lipinski definition) is 4. The van der Waals surface area contributed by atoms with Crippen molar-refractivity contribution >= 4 is 19.6 Å². The predicted molar refractivity (Wildman–Crippen MR) is 61.4 cm³/mol. The highest BCUT2D eigenvalue weighted by atomic mass is 32.2. The van der Waals surface area contributed by atoms with Crippen molar-refractivity contribution in [1.82, 2.24) is 0 Å². The Bertz CT molecular complexity index is 241. The average Bonchev–Trinajstić information content (AvgIpc) is 2.41. The maximum atomic E-state index is 5.98. The molecule has 3 nitrogen and oxygen atoms in total. The third kappa shape index (κ3) is 1.64. The van der Waals surface area contributed by atoms with Crippen molar-refractivity contribution in [3.63, 3.8) is 0 Å². The highest BCUT2D eigenvalue weighted by Crippen LogP contribution is 2.48. The lowest BCUT2D eigenvalue weighted by Crippen LogP contribution is -2.55. The first-order valence-electron chi connectivity index (χ1n) is 5.22. The van der Waals surface area contributed by atoms with Gasteiger partial charge >= 0.3 is 0 Å². The Balaban J connectivity index is 2.28. The third-order valence-corrected chi connectivity index (χ3v) is 5.05. The maximum absolute atomic E-state index is 5.98. The van der Waals surface area contributed by atoms with Crippen LogP contribution in [0.4, 0.5) is 0 Å². The minimum Gasteiger partial charge on any atom is -0.382 e. The van der Waals surface area contributed by atoms with Crippen LogP contribution in [0.15, 0.2) is 0 Å². The predicted octanol–water partition coefficient (Wildman–Crippen LogP) is 0.663. The molecule has 2 bridgehead atoms. The molecule has 2 saturated heterocycles. The van der Waals surface area contributed by atoms with Crippen LogP contribution in [0, 0.1) is 5.92 Å². The Morgan fingerprint density at radius 3 is 2.87 bits per heavy atom. The van der Waals surface area contributed by atoms with Crippen molar-refractivity contribution in [3.05, 3.63) is 0 Å². The fourth-order valence-corrected chi connectivity index (χ4v) is 4.19. The van der Waals surface area contributed by atoms with Crippen molar-refractivity contribution in [2.75, 3.05) is 26.6 Å². The van der Waals surface area contributed by atoms with Crippen LogP contribution in [0.5, 0.6) is 0 Å². The molecule has 0 aliphatic carbocycles. The second kappa shape index (κ2) is 4.28. The summed E-state index contributed by atoms with van der Waals surface area (Å²) in [5.41, 5.74) is -0.348. The molecule has 15 heavy (non-hydrogen) atoms. The SMILES string of the molecule is [B][C@@H]1O[C@]2(COC)C(OC)[C@@H]1SC[C@H]2C. The molecule has 5 atom stereocenters.